The van der Waals surface area contributed by atoms with Gasteiger partial charge in [-0.05, 0) is 22.0 Å². The van der Waals surface area contributed by atoms with Crippen molar-refractivity contribution in [2.45, 2.75) is 0 Å². The van der Waals surface area contributed by atoms with Crippen LogP contribution in [-0.4, -0.2) is 16.1 Å². The van der Waals surface area contributed by atoms with Gasteiger partial charge in [0, 0.05) is 0 Å². The van der Waals surface area contributed by atoms with Gasteiger partial charge >= 0.3 is 5.88 Å². The van der Waals surface area contributed by atoms with Crippen LogP contribution in [0.1, 0.15) is 5.76 Å². The molecule has 0 aliphatic carbocycles. The second-order valence-electron chi connectivity index (χ2n) is 2.64. The van der Waals surface area contributed by atoms with E-state index in [0.717, 1.165) is 3.79 Å². The number of hydrogen-bond donors (Lipinski definition) is 0. The van der Waals surface area contributed by atoms with Crippen LogP contribution in [0.2, 0.25) is 0 Å². The van der Waals surface area contributed by atoms with Crippen molar-refractivity contribution in [1.82, 2.24) is 4.98 Å². The maximum atomic E-state index is 10.3. The van der Waals surface area contributed by atoms with Gasteiger partial charge in [-0.2, -0.15) is 0 Å². The van der Waals surface area contributed by atoms with E-state index in [1.807, 2.05) is 0 Å². The number of furan rings is 1. The van der Waals surface area contributed by atoms with Crippen LogP contribution in [-0.2, 0) is 0 Å². The molecular weight excluding hydrogens is 298 g/mol. The maximum absolute atomic E-state index is 10.3. The van der Waals surface area contributed by atoms with Gasteiger partial charge in [-0.25, -0.2) is 9.98 Å². The molecule has 2 aromatic heterocycles. The third-order valence-corrected chi connectivity index (χ3v) is 2.94. The first-order valence-electron chi connectivity index (χ1n) is 4.05. The lowest BCUT2D eigenvalue weighted by Crippen LogP contribution is -1.83. The molecule has 6 nitrogen and oxygen atoms in total. The molecule has 2 aromatic rings. The molecule has 0 bridgehead atoms. The van der Waals surface area contributed by atoms with Crippen LogP contribution >= 0.6 is 27.3 Å². The molecule has 0 aromatic carbocycles. The number of nitro groups is 1. The number of nitrogens with zero attached hydrogens (tertiary/aromatic N) is 3. The molecule has 0 spiro atoms. The Morgan fingerprint density at radius 2 is 2.44 bits per heavy atom. The number of aromatic nitrogens is 1. The van der Waals surface area contributed by atoms with E-state index in [4.69, 9.17) is 4.42 Å². The van der Waals surface area contributed by atoms with Crippen molar-refractivity contribution in [1.29, 1.82) is 0 Å². The standard InChI is InChI=1S/C8H4BrN3O3S/c9-6-4-11-8(16-6)10-3-5-1-2-7(15-5)12(13)14/h1-4H/b10-3-. The van der Waals surface area contributed by atoms with E-state index in [0.29, 0.717) is 10.9 Å². The summed E-state index contributed by atoms with van der Waals surface area (Å²) in [4.78, 5) is 17.7. The smallest absolute Gasteiger partial charge is 0.400 e. The van der Waals surface area contributed by atoms with Crippen LogP contribution in [0.25, 0.3) is 0 Å². The molecule has 0 amide bonds. The van der Waals surface area contributed by atoms with Gasteiger partial charge in [0.05, 0.1) is 22.3 Å². The molecule has 2 heterocycles. The Bertz CT molecular complexity index is 548. The lowest BCUT2D eigenvalue weighted by molar-refractivity contribution is -0.402. The Kier molecular flexibility index (Phi) is 3.11. The van der Waals surface area contributed by atoms with Gasteiger partial charge in [0.1, 0.15) is 4.92 Å². The van der Waals surface area contributed by atoms with Crippen LogP contribution in [0.5, 0.6) is 0 Å². The Hall–Kier alpha value is -1.54. The van der Waals surface area contributed by atoms with E-state index in [1.165, 1.54) is 29.7 Å². The molecular formula is C8H4BrN3O3S. The van der Waals surface area contributed by atoms with Crippen LogP contribution in [0, 0.1) is 10.1 Å². The lowest BCUT2D eigenvalue weighted by Gasteiger charge is -1.83. The highest BCUT2D eigenvalue weighted by Gasteiger charge is 2.10. The molecule has 0 aliphatic heterocycles. The van der Waals surface area contributed by atoms with Gasteiger partial charge in [-0.3, -0.25) is 10.1 Å². The van der Waals surface area contributed by atoms with Gasteiger partial charge in [0.2, 0.25) is 5.13 Å². The number of halogens is 1. The molecule has 0 saturated heterocycles. The summed E-state index contributed by atoms with van der Waals surface area (Å²) in [5.74, 6) is 0.0137. The molecule has 2 rings (SSSR count). The minimum absolute atomic E-state index is 0.304. The molecule has 0 atom stereocenters. The summed E-state index contributed by atoms with van der Waals surface area (Å²) in [5, 5.41) is 10.9. The quantitative estimate of drug-likeness (QED) is 0.495. The molecule has 16 heavy (non-hydrogen) atoms. The number of aliphatic imine (C=N–C) groups is 1. The predicted molar refractivity (Wildman–Crippen MR) is 62.4 cm³/mol. The van der Waals surface area contributed by atoms with Crippen LogP contribution in [0.4, 0.5) is 11.0 Å². The van der Waals surface area contributed by atoms with Crippen molar-refractivity contribution in [3.05, 3.63) is 38.0 Å². The molecule has 82 valence electrons. The summed E-state index contributed by atoms with van der Waals surface area (Å²) in [6.07, 6.45) is 3.01. The van der Waals surface area contributed by atoms with E-state index in [2.05, 4.69) is 25.9 Å². The summed E-state index contributed by atoms with van der Waals surface area (Å²) in [5.41, 5.74) is 0. The summed E-state index contributed by atoms with van der Waals surface area (Å²) in [6.45, 7) is 0. The number of rotatable bonds is 3. The van der Waals surface area contributed by atoms with Crippen molar-refractivity contribution in [3.63, 3.8) is 0 Å². The van der Waals surface area contributed by atoms with E-state index < -0.39 is 4.92 Å². The Morgan fingerprint density at radius 3 is 3.00 bits per heavy atom. The minimum atomic E-state index is -0.600. The van der Waals surface area contributed by atoms with E-state index in [-0.39, 0.29) is 5.88 Å². The highest BCUT2D eigenvalue weighted by Crippen LogP contribution is 2.25. The third kappa shape index (κ3) is 2.52. The molecule has 0 saturated carbocycles. The maximum Gasteiger partial charge on any atom is 0.433 e. The molecule has 0 aliphatic rings. The first kappa shape index (κ1) is 11.0. The van der Waals surface area contributed by atoms with Crippen molar-refractivity contribution in [2.75, 3.05) is 0 Å². The van der Waals surface area contributed by atoms with Crippen molar-refractivity contribution in [3.8, 4) is 0 Å². The fourth-order valence-corrected chi connectivity index (χ4v) is 1.96. The first-order valence-corrected chi connectivity index (χ1v) is 5.66. The summed E-state index contributed by atoms with van der Waals surface area (Å²) in [6, 6.07) is 2.75. The second kappa shape index (κ2) is 4.54. The molecule has 0 unspecified atom stereocenters. The van der Waals surface area contributed by atoms with Crippen molar-refractivity contribution >= 4 is 44.5 Å². The predicted octanol–water partition coefficient (Wildman–Crippen LogP) is 3.16. The van der Waals surface area contributed by atoms with Gasteiger partial charge in [0.25, 0.3) is 0 Å². The van der Waals surface area contributed by atoms with E-state index in [1.54, 1.807) is 6.20 Å². The van der Waals surface area contributed by atoms with Crippen LogP contribution in [0.15, 0.2) is 31.5 Å². The van der Waals surface area contributed by atoms with Gasteiger partial charge in [-0.15, -0.1) is 0 Å². The summed E-state index contributed by atoms with van der Waals surface area (Å²) >= 11 is 4.60. The van der Waals surface area contributed by atoms with Crippen molar-refractivity contribution in [2.24, 2.45) is 4.99 Å². The van der Waals surface area contributed by atoms with Gasteiger partial charge in [-0.1, -0.05) is 11.3 Å². The molecule has 0 radical (unpaired) electrons. The SMILES string of the molecule is O=[N+]([O-])c1ccc(/C=N\c2ncc(Br)s2)o1. The zero-order chi connectivity index (χ0) is 11.5. The Balaban J connectivity index is 2.14. The number of thiazole rings is 1. The monoisotopic (exact) mass is 301 g/mol. The summed E-state index contributed by atoms with van der Waals surface area (Å²) < 4.78 is 5.76. The van der Waals surface area contributed by atoms with Gasteiger partial charge in [0.15, 0.2) is 5.76 Å². The van der Waals surface area contributed by atoms with Crippen molar-refractivity contribution < 1.29 is 9.34 Å². The lowest BCUT2D eigenvalue weighted by atomic mass is 10.5. The minimum Gasteiger partial charge on any atom is -0.400 e. The molecule has 8 heteroatoms. The largest absolute Gasteiger partial charge is 0.433 e. The van der Waals surface area contributed by atoms with Gasteiger partial charge < -0.3 is 4.42 Å². The third-order valence-electron chi connectivity index (χ3n) is 1.56. The topological polar surface area (TPSA) is 81.5 Å². The Morgan fingerprint density at radius 1 is 1.62 bits per heavy atom. The fourth-order valence-electron chi connectivity index (χ4n) is 0.934. The average molecular weight is 302 g/mol. The normalized spacial score (nSPS) is 11.1. The highest BCUT2D eigenvalue weighted by molar-refractivity contribution is 9.11. The van der Waals surface area contributed by atoms with Crippen LogP contribution < -0.4 is 0 Å². The number of hydrogen-bond acceptors (Lipinski definition) is 6. The van der Waals surface area contributed by atoms with Crippen LogP contribution in [0.3, 0.4) is 0 Å². The summed E-state index contributed by atoms with van der Waals surface area (Å²) in [7, 11) is 0. The second-order valence-corrected chi connectivity index (χ2v) is 5.03. The highest BCUT2D eigenvalue weighted by atomic mass is 79.9. The molecule has 0 N–H and O–H groups in total. The van der Waals surface area contributed by atoms with E-state index >= 15 is 0 Å². The fraction of sp³-hybridized carbons (Fsp3) is 0. The average Bonchev–Trinajstić information content (AvgIpc) is 2.83. The Labute approximate surface area is 102 Å². The van der Waals surface area contributed by atoms with E-state index in [9.17, 15) is 10.1 Å². The molecule has 0 fully saturated rings. The zero-order valence-electron chi connectivity index (χ0n) is 7.66. The zero-order valence-corrected chi connectivity index (χ0v) is 10.1. The first-order chi connectivity index (χ1) is 7.65.